The number of rotatable bonds is 5. The third-order valence-corrected chi connectivity index (χ3v) is 6.34. The van der Waals surface area contributed by atoms with E-state index in [2.05, 4.69) is 26.2 Å². The van der Waals surface area contributed by atoms with E-state index >= 15 is 0 Å². The third kappa shape index (κ3) is 4.84. The number of anilines is 1. The summed E-state index contributed by atoms with van der Waals surface area (Å²) in [5.74, 6) is -0.118. The van der Waals surface area contributed by atoms with Crippen LogP contribution in [0.4, 0.5) is 5.69 Å². The predicted octanol–water partition coefficient (Wildman–Crippen LogP) is 5.84. The van der Waals surface area contributed by atoms with E-state index in [1.54, 1.807) is 24.3 Å². The van der Waals surface area contributed by atoms with Crippen molar-refractivity contribution in [3.05, 3.63) is 92.1 Å². The lowest BCUT2D eigenvalue weighted by Gasteiger charge is -2.14. The van der Waals surface area contributed by atoms with Gasteiger partial charge in [0.1, 0.15) is 0 Å². The fraction of sp³-hybridized carbons (Fsp3) is 0.0870. The van der Waals surface area contributed by atoms with E-state index < -0.39 is 0 Å². The van der Waals surface area contributed by atoms with Crippen LogP contribution in [0, 0.1) is 6.92 Å². The van der Waals surface area contributed by atoms with E-state index in [1.807, 2.05) is 49.4 Å². The van der Waals surface area contributed by atoms with Crippen molar-refractivity contribution in [3.8, 4) is 5.69 Å². The largest absolute Gasteiger partial charge is 0.325 e. The number of nitrogens with one attached hydrogen (secondary N) is 1. The van der Waals surface area contributed by atoms with E-state index in [-0.39, 0.29) is 17.2 Å². The second kappa shape index (κ2) is 9.26. The first-order chi connectivity index (χ1) is 14.9. The molecule has 156 valence electrons. The molecule has 0 fully saturated rings. The van der Waals surface area contributed by atoms with E-state index in [1.165, 1.54) is 16.3 Å². The van der Waals surface area contributed by atoms with Gasteiger partial charge in [0.25, 0.3) is 5.56 Å². The number of hydrogen-bond acceptors (Lipinski definition) is 4. The Morgan fingerprint density at radius 3 is 2.65 bits per heavy atom. The number of amides is 1. The Morgan fingerprint density at radius 1 is 1.13 bits per heavy atom. The lowest BCUT2D eigenvalue weighted by molar-refractivity contribution is -0.113. The van der Waals surface area contributed by atoms with Crippen LogP contribution in [-0.4, -0.2) is 21.2 Å². The molecule has 1 heterocycles. The highest BCUT2D eigenvalue weighted by molar-refractivity contribution is 9.10. The lowest BCUT2D eigenvalue weighted by atomic mass is 10.2. The average molecular weight is 515 g/mol. The summed E-state index contributed by atoms with van der Waals surface area (Å²) < 4.78 is 2.45. The summed E-state index contributed by atoms with van der Waals surface area (Å²) >= 11 is 10.7. The van der Waals surface area contributed by atoms with Crippen molar-refractivity contribution in [1.82, 2.24) is 9.55 Å². The molecule has 5 nitrogen and oxygen atoms in total. The molecule has 0 saturated heterocycles. The minimum atomic E-state index is -0.208. The van der Waals surface area contributed by atoms with Gasteiger partial charge in [-0.25, -0.2) is 4.98 Å². The van der Waals surface area contributed by atoms with Crippen molar-refractivity contribution in [2.45, 2.75) is 12.1 Å². The van der Waals surface area contributed by atoms with Crippen molar-refractivity contribution in [3.63, 3.8) is 0 Å². The average Bonchev–Trinajstić information content (AvgIpc) is 2.76. The van der Waals surface area contributed by atoms with Crippen LogP contribution in [0.3, 0.4) is 0 Å². The molecule has 31 heavy (non-hydrogen) atoms. The Bertz CT molecular complexity index is 1340. The monoisotopic (exact) mass is 513 g/mol. The van der Waals surface area contributed by atoms with Gasteiger partial charge < -0.3 is 5.32 Å². The van der Waals surface area contributed by atoms with Gasteiger partial charge in [0, 0.05) is 15.2 Å². The summed E-state index contributed by atoms with van der Waals surface area (Å²) in [7, 11) is 0. The van der Waals surface area contributed by atoms with Gasteiger partial charge in [0.05, 0.1) is 22.3 Å². The number of aromatic nitrogens is 2. The number of aryl methyl sites for hydroxylation is 1. The Labute approximate surface area is 196 Å². The second-order valence-electron chi connectivity index (χ2n) is 6.82. The summed E-state index contributed by atoms with van der Waals surface area (Å²) in [5, 5.41) is 4.39. The van der Waals surface area contributed by atoms with Crippen LogP contribution < -0.4 is 10.9 Å². The van der Waals surface area contributed by atoms with Gasteiger partial charge in [0.2, 0.25) is 5.91 Å². The molecule has 0 radical (unpaired) electrons. The highest BCUT2D eigenvalue weighted by Crippen LogP contribution is 2.24. The van der Waals surface area contributed by atoms with Gasteiger partial charge in [-0.2, -0.15) is 0 Å². The molecule has 4 aromatic rings. The Morgan fingerprint density at radius 2 is 1.87 bits per heavy atom. The van der Waals surface area contributed by atoms with Gasteiger partial charge in [-0.3, -0.25) is 14.2 Å². The predicted molar refractivity (Wildman–Crippen MR) is 131 cm³/mol. The molecule has 1 amide bonds. The molecule has 0 aliphatic carbocycles. The topological polar surface area (TPSA) is 64.0 Å². The van der Waals surface area contributed by atoms with Crippen LogP contribution in [-0.2, 0) is 4.79 Å². The number of carbonyl (C=O) groups excluding carboxylic acids is 1. The smallest absolute Gasteiger partial charge is 0.266 e. The van der Waals surface area contributed by atoms with Gasteiger partial charge in [-0.1, -0.05) is 57.5 Å². The molecule has 1 N–H and O–H groups in total. The molecule has 0 bridgehead atoms. The Kier molecular flexibility index (Phi) is 6.46. The van der Waals surface area contributed by atoms with Gasteiger partial charge >= 0.3 is 0 Å². The standard InChI is InChI=1S/C23H17BrClN3O2S/c1-14-6-9-16(25)12-20(14)26-21(29)13-31-23-27-19-5-3-2-4-18(19)22(30)28(23)17-10-7-15(24)8-11-17/h2-12H,13H2,1H3,(H,26,29). The van der Waals surface area contributed by atoms with Crippen LogP contribution in [0.1, 0.15) is 5.56 Å². The van der Waals surface area contributed by atoms with Crippen molar-refractivity contribution >= 4 is 61.8 Å². The molecular weight excluding hydrogens is 498 g/mol. The zero-order chi connectivity index (χ0) is 22.0. The van der Waals surface area contributed by atoms with Crippen molar-refractivity contribution < 1.29 is 4.79 Å². The third-order valence-electron chi connectivity index (χ3n) is 4.64. The minimum absolute atomic E-state index is 0.0905. The van der Waals surface area contributed by atoms with Gasteiger partial charge in [0.15, 0.2) is 5.16 Å². The molecule has 0 unspecified atom stereocenters. The molecule has 4 rings (SSSR count). The van der Waals surface area contributed by atoms with Crippen molar-refractivity contribution in [2.24, 2.45) is 0 Å². The molecule has 1 aromatic heterocycles. The number of benzene rings is 3. The first-order valence-electron chi connectivity index (χ1n) is 9.39. The fourth-order valence-electron chi connectivity index (χ4n) is 3.07. The number of para-hydroxylation sites is 1. The van der Waals surface area contributed by atoms with Crippen LogP contribution in [0.25, 0.3) is 16.6 Å². The van der Waals surface area contributed by atoms with Crippen molar-refractivity contribution in [2.75, 3.05) is 11.1 Å². The molecule has 0 atom stereocenters. The number of carbonyl (C=O) groups is 1. The maximum atomic E-state index is 13.2. The lowest BCUT2D eigenvalue weighted by Crippen LogP contribution is -2.23. The van der Waals surface area contributed by atoms with Crippen LogP contribution in [0.2, 0.25) is 5.02 Å². The number of fused-ring (bicyclic) bond motifs is 1. The fourth-order valence-corrected chi connectivity index (χ4v) is 4.32. The summed E-state index contributed by atoms with van der Waals surface area (Å²) in [6, 6.07) is 19.9. The quantitative estimate of drug-likeness (QED) is 0.268. The maximum Gasteiger partial charge on any atom is 0.266 e. The molecule has 3 aromatic carbocycles. The molecule has 0 spiro atoms. The molecule has 0 aliphatic rings. The highest BCUT2D eigenvalue weighted by atomic mass is 79.9. The van der Waals surface area contributed by atoms with E-state index in [0.717, 1.165) is 10.0 Å². The van der Waals surface area contributed by atoms with E-state index in [4.69, 9.17) is 11.6 Å². The molecule has 0 saturated carbocycles. The van der Waals surface area contributed by atoms with Crippen LogP contribution >= 0.6 is 39.3 Å². The molecule has 8 heteroatoms. The van der Waals surface area contributed by atoms with E-state index in [9.17, 15) is 9.59 Å². The first-order valence-corrected chi connectivity index (χ1v) is 11.5. The van der Waals surface area contributed by atoms with Crippen molar-refractivity contribution in [1.29, 1.82) is 0 Å². The van der Waals surface area contributed by atoms with Gasteiger partial charge in [-0.05, 0) is 61.0 Å². The molecular formula is C23H17BrClN3O2S. The summed E-state index contributed by atoms with van der Waals surface area (Å²) in [5.41, 5.74) is 2.67. The number of nitrogens with zero attached hydrogens (tertiary/aromatic N) is 2. The Hall–Kier alpha value is -2.61. The minimum Gasteiger partial charge on any atom is -0.325 e. The molecule has 0 aliphatic heterocycles. The summed E-state index contributed by atoms with van der Waals surface area (Å²) in [6.07, 6.45) is 0. The maximum absolute atomic E-state index is 13.2. The summed E-state index contributed by atoms with van der Waals surface area (Å²) in [4.78, 5) is 30.5. The van der Waals surface area contributed by atoms with E-state index in [0.29, 0.717) is 32.5 Å². The summed E-state index contributed by atoms with van der Waals surface area (Å²) in [6.45, 7) is 1.90. The first kappa shape index (κ1) is 21.6. The SMILES string of the molecule is Cc1ccc(Cl)cc1NC(=O)CSc1nc2ccccc2c(=O)n1-c1ccc(Br)cc1. The highest BCUT2D eigenvalue weighted by Gasteiger charge is 2.15. The number of thioether (sulfide) groups is 1. The normalized spacial score (nSPS) is 10.9. The van der Waals surface area contributed by atoms with Crippen LogP contribution in [0.5, 0.6) is 0 Å². The van der Waals surface area contributed by atoms with Gasteiger partial charge in [-0.15, -0.1) is 0 Å². The number of hydrogen-bond donors (Lipinski definition) is 1. The zero-order valence-corrected chi connectivity index (χ0v) is 19.6. The number of halogens is 2. The zero-order valence-electron chi connectivity index (χ0n) is 16.4. The second-order valence-corrected chi connectivity index (χ2v) is 9.12. The Balaban J connectivity index is 1.67. The van der Waals surface area contributed by atoms with Crippen LogP contribution in [0.15, 0.2) is 81.2 Å².